The van der Waals surface area contributed by atoms with E-state index < -0.39 is 30.8 Å². The Morgan fingerprint density at radius 1 is 1.11 bits per heavy atom. The van der Waals surface area contributed by atoms with Crippen LogP contribution >= 0.6 is 0 Å². The number of carbonyl (C=O) groups is 1. The van der Waals surface area contributed by atoms with E-state index in [0.717, 1.165) is 0 Å². The van der Waals surface area contributed by atoms with E-state index in [-0.39, 0.29) is 6.54 Å². The lowest BCUT2D eigenvalue weighted by Gasteiger charge is -2.34. The summed E-state index contributed by atoms with van der Waals surface area (Å²) in [5.74, 6) is -0.0681. The smallest absolute Gasteiger partial charge is 0.406 e. The number of halogens is 3. The number of hydrogen-bond donors (Lipinski definition) is 0. The predicted octanol–water partition coefficient (Wildman–Crippen LogP) is 3.68. The number of benzene rings is 2. The van der Waals surface area contributed by atoms with E-state index in [4.69, 9.17) is 14.7 Å². The zero-order valence-corrected chi connectivity index (χ0v) is 14.9. The number of rotatable bonds is 4. The minimum Gasteiger partial charge on any atom is -0.482 e. The average Bonchev–Trinajstić information content (AvgIpc) is 2.66. The summed E-state index contributed by atoms with van der Waals surface area (Å²) in [7, 11) is 0. The lowest BCUT2D eigenvalue weighted by atomic mass is 10.1. The maximum atomic E-state index is 13.1. The fraction of sp³-hybridized carbons (Fsp3) is 0.300. The van der Waals surface area contributed by atoms with Gasteiger partial charge >= 0.3 is 6.18 Å². The summed E-state index contributed by atoms with van der Waals surface area (Å²) in [5, 5.41) is 8.84. The summed E-state index contributed by atoms with van der Waals surface area (Å²) in [4.78, 5) is 13.6. The Morgan fingerprint density at radius 3 is 2.29 bits per heavy atom. The van der Waals surface area contributed by atoms with E-state index in [1.165, 1.54) is 24.3 Å². The Hall–Kier alpha value is -3.21. The zero-order chi connectivity index (χ0) is 20.3. The summed E-state index contributed by atoms with van der Waals surface area (Å²) in [6, 6.07) is 14.6. The van der Waals surface area contributed by atoms with E-state index in [0.29, 0.717) is 27.5 Å². The summed E-state index contributed by atoms with van der Waals surface area (Å²) in [6.07, 6.45) is -6.52. The summed E-state index contributed by atoms with van der Waals surface area (Å²) >= 11 is 0. The third-order valence-corrected chi connectivity index (χ3v) is 4.22. The Bertz CT molecular complexity index is 891. The summed E-state index contributed by atoms with van der Waals surface area (Å²) in [6.45, 7) is -0.107. The van der Waals surface area contributed by atoms with Gasteiger partial charge in [0.15, 0.2) is 11.5 Å². The van der Waals surface area contributed by atoms with E-state index in [1.54, 1.807) is 31.2 Å². The lowest BCUT2D eigenvalue weighted by Crippen LogP contribution is -2.52. The van der Waals surface area contributed by atoms with Crippen molar-refractivity contribution >= 4 is 5.91 Å². The van der Waals surface area contributed by atoms with Gasteiger partial charge in [-0.1, -0.05) is 24.3 Å². The van der Waals surface area contributed by atoms with Crippen LogP contribution in [0.2, 0.25) is 0 Å². The molecule has 0 aromatic heterocycles. The van der Waals surface area contributed by atoms with Crippen LogP contribution in [0.15, 0.2) is 48.5 Å². The molecule has 0 aliphatic carbocycles. The van der Waals surface area contributed by atoms with Gasteiger partial charge < -0.3 is 14.4 Å². The van der Waals surface area contributed by atoms with Gasteiger partial charge in [0.2, 0.25) is 6.10 Å². The molecule has 0 saturated carbocycles. The van der Waals surface area contributed by atoms with Gasteiger partial charge in [-0.05, 0) is 36.8 Å². The van der Waals surface area contributed by atoms with Gasteiger partial charge in [-0.2, -0.15) is 18.4 Å². The van der Waals surface area contributed by atoms with Gasteiger partial charge in [0.25, 0.3) is 5.91 Å². The highest BCUT2D eigenvalue weighted by atomic mass is 19.4. The second kappa shape index (κ2) is 7.80. The number of hydrogen-bond acceptors (Lipinski definition) is 4. The van der Waals surface area contributed by atoms with Crippen molar-refractivity contribution in [3.05, 3.63) is 59.7 Å². The number of amides is 1. The predicted molar refractivity (Wildman–Crippen MR) is 93.6 cm³/mol. The van der Waals surface area contributed by atoms with E-state index in [2.05, 4.69) is 0 Å². The summed E-state index contributed by atoms with van der Waals surface area (Å²) in [5.41, 5.74) is 0.855. The van der Waals surface area contributed by atoms with Crippen molar-refractivity contribution < 1.29 is 27.4 Å². The zero-order valence-electron chi connectivity index (χ0n) is 14.9. The molecular formula is C20H17F3N2O3. The van der Waals surface area contributed by atoms with Gasteiger partial charge in [-0.25, -0.2) is 0 Å². The molecule has 0 fully saturated rings. The summed E-state index contributed by atoms with van der Waals surface area (Å²) < 4.78 is 50.5. The van der Waals surface area contributed by atoms with Crippen LogP contribution in [-0.2, 0) is 11.3 Å². The molecule has 2 unspecified atom stereocenters. The molecule has 146 valence electrons. The third-order valence-electron chi connectivity index (χ3n) is 4.22. The molecule has 0 spiro atoms. The molecule has 28 heavy (non-hydrogen) atoms. The molecule has 8 heteroatoms. The molecule has 1 heterocycles. The second-order valence-corrected chi connectivity index (χ2v) is 6.43. The van der Waals surface area contributed by atoms with Crippen LogP contribution in [-0.4, -0.2) is 35.7 Å². The van der Waals surface area contributed by atoms with Crippen LogP contribution in [0.4, 0.5) is 13.2 Å². The Balaban J connectivity index is 1.83. The first-order chi connectivity index (χ1) is 13.3. The molecule has 2 aromatic carbocycles. The average molecular weight is 390 g/mol. The highest BCUT2D eigenvalue weighted by Crippen LogP contribution is 2.34. The minimum absolute atomic E-state index is 0.266. The highest BCUT2D eigenvalue weighted by molar-refractivity contribution is 5.82. The van der Waals surface area contributed by atoms with Crippen molar-refractivity contribution in [2.45, 2.75) is 31.9 Å². The molecular weight excluding hydrogens is 373 g/mol. The first-order valence-electron chi connectivity index (χ1n) is 8.54. The van der Waals surface area contributed by atoms with Crippen LogP contribution in [0.1, 0.15) is 18.1 Å². The topological polar surface area (TPSA) is 62.6 Å². The first-order valence-corrected chi connectivity index (χ1v) is 8.54. The molecule has 1 amide bonds. The maximum absolute atomic E-state index is 13.1. The second-order valence-electron chi connectivity index (χ2n) is 6.43. The molecule has 0 saturated heterocycles. The number of carbonyl (C=O) groups excluding carboxylic acids is 1. The van der Waals surface area contributed by atoms with Gasteiger partial charge in [-0.15, -0.1) is 0 Å². The van der Waals surface area contributed by atoms with Crippen molar-refractivity contribution in [3.63, 3.8) is 0 Å². The molecule has 0 radical (unpaired) electrons. The number of alkyl halides is 3. The minimum atomic E-state index is -4.57. The van der Waals surface area contributed by atoms with E-state index in [9.17, 15) is 18.0 Å². The molecule has 0 N–H and O–H groups in total. The number of ether oxygens (including phenoxy) is 2. The van der Waals surface area contributed by atoms with Crippen LogP contribution in [0.5, 0.6) is 11.5 Å². The van der Waals surface area contributed by atoms with Crippen LogP contribution in [0.3, 0.4) is 0 Å². The maximum Gasteiger partial charge on any atom is 0.406 e. The molecule has 3 rings (SSSR count). The van der Waals surface area contributed by atoms with Crippen molar-refractivity contribution in [2.75, 3.05) is 6.54 Å². The normalized spacial score (nSPS) is 18.2. The Morgan fingerprint density at radius 2 is 1.71 bits per heavy atom. The van der Waals surface area contributed by atoms with Gasteiger partial charge in [0.05, 0.1) is 11.6 Å². The first kappa shape index (κ1) is 19.5. The number of nitrogens with zero attached hydrogens (tertiary/aromatic N) is 2. The Labute approximate surface area is 159 Å². The third kappa shape index (κ3) is 4.55. The van der Waals surface area contributed by atoms with Crippen molar-refractivity contribution in [1.29, 1.82) is 5.26 Å². The highest BCUT2D eigenvalue weighted by Gasteiger charge is 2.40. The van der Waals surface area contributed by atoms with Crippen molar-refractivity contribution in [2.24, 2.45) is 0 Å². The van der Waals surface area contributed by atoms with Gasteiger partial charge in [0, 0.05) is 6.54 Å². The number of nitriles is 1. The van der Waals surface area contributed by atoms with E-state index >= 15 is 0 Å². The lowest BCUT2D eigenvalue weighted by molar-refractivity contribution is -0.170. The molecule has 1 aliphatic heterocycles. The fourth-order valence-corrected chi connectivity index (χ4v) is 2.90. The quantitative estimate of drug-likeness (QED) is 0.799. The van der Waals surface area contributed by atoms with Crippen molar-refractivity contribution in [1.82, 2.24) is 4.90 Å². The number of para-hydroxylation sites is 2. The van der Waals surface area contributed by atoms with Gasteiger partial charge in [0.1, 0.15) is 12.6 Å². The Kier molecular flexibility index (Phi) is 5.45. The molecule has 5 nitrogen and oxygen atoms in total. The van der Waals surface area contributed by atoms with Crippen LogP contribution in [0, 0.1) is 11.3 Å². The monoisotopic (exact) mass is 390 g/mol. The SMILES string of the molecule is CC1Oc2ccccc2OC1C(=O)N(Cc1ccc(C#N)cc1)CC(F)(F)F. The van der Waals surface area contributed by atoms with Gasteiger partial charge in [-0.3, -0.25) is 4.79 Å². The van der Waals surface area contributed by atoms with Crippen LogP contribution < -0.4 is 9.47 Å². The molecule has 2 aromatic rings. The van der Waals surface area contributed by atoms with E-state index in [1.807, 2.05) is 6.07 Å². The standard InChI is InChI=1S/C20H17F3N2O3/c1-13-18(28-17-5-3-2-4-16(17)27-13)19(26)25(12-20(21,22)23)11-15-8-6-14(10-24)7-9-15/h2-9,13,18H,11-12H2,1H3. The number of fused-ring (bicyclic) bond motifs is 1. The molecule has 1 aliphatic rings. The molecule has 2 atom stereocenters. The molecule has 0 bridgehead atoms. The van der Waals surface area contributed by atoms with Crippen molar-refractivity contribution in [3.8, 4) is 17.6 Å². The largest absolute Gasteiger partial charge is 0.482 e. The fourth-order valence-electron chi connectivity index (χ4n) is 2.90. The van der Waals surface area contributed by atoms with Crippen LogP contribution in [0.25, 0.3) is 0 Å².